The van der Waals surface area contributed by atoms with Gasteiger partial charge in [0.05, 0.1) is 16.8 Å². The summed E-state index contributed by atoms with van der Waals surface area (Å²) in [6.45, 7) is 3.34. The molecule has 0 fully saturated rings. The second kappa shape index (κ2) is 5.35. The molecule has 1 atom stereocenters. The van der Waals surface area contributed by atoms with E-state index in [1.165, 1.54) is 0 Å². The fourth-order valence-electron chi connectivity index (χ4n) is 2.63. The van der Waals surface area contributed by atoms with E-state index in [9.17, 15) is 27.2 Å². The van der Waals surface area contributed by atoms with Gasteiger partial charge in [-0.2, -0.15) is 0 Å². The van der Waals surface area contributed by atoms with Crippen molar-refractivity contribution in [2.45, 2.75) is 38.8 Å². The fraction of sp³-hybridized carbons (Fsp3) is 0.429. The molecule has 0 saturated heterocycles. The number of halogens is 4. The van der Waals surface area contributed by atoms with Gasteiger partial charge in [0.1, 0.15) is 0 Å². The van der Waals surface area contributed by atoms with E-state index in [-0.39, 0.29) is 12.8 Å². The Bertz CT molecular complexity index is 631. The van der Waals surface area contributed by atoms with Crippen molar-refractivity contribution in [3.05, 3.63) is 34.4 Å². The van der Waals surface area contributed by atoms with Crippen LogP contribution >= 0.6 is 0 Å². The number of nitrogens with zero attached hydrogens (tertiary/aromatic N) is 1. The summed E-state index contributed by atoms with van der Waals surface area (Å²) < 4.78 is 54.2. The van der Waals surface area contributed by atoms with Crippen LogP contribution in [0.2, 0.25) is 0 Å². The number of benzene rings is 1. The van der Waals surface area contributed by atoms with Gasteiger partial charge in [-0.25, -0.2) is 17.6 Å². The minimum Gasteiger partial charge on any atom is -0.308 e. The van der Waals surface area contributed by atoms with Crippen LogP contribution in [0, 0.1) is 23.3 Å². The molecule has 120 valence electrons. The molecular formula is C14H14F4N2O2. The standard InChI is InChI=1S/C14H14F4N2O2/c1-3-5-14(19,4-2)20-12(21)6-7(13(20)22)9(16)11(18)10(17)8(6)15/h3-5,19H2,1-2H3. The molecule has 0 bridgehead atoms. The lowest BCUT2D eigenvalue weighted by Gasteiger charge is -2.36. The molecule has 4 nitrogen and oxygen atoms in total. The van der Waals surface area contributed by atoms with Crippen molar-refractivity contribution in [2.75, 3.05) is 0 Å². The molecule has 1 aromatic rings. The van der Waals surface area contributed by atoms with Crippen LogP contribution in [0.4, 0.5) is 17.6 Å². The van der Waals surface area contributed by atoms with E-state index >= 15 is 0 Å². The molecule has 0 radical (unpaired) electrons. The zero-order valence-electron chi connectivity index (χ0n) is 12.0. The molecule has 2 N–H and O–H groups in total. The third-order valence-electron chi connectivity index (χ3n) is 3.84. The van der Waals surface area contributed by atoms with Crippen molar-refractivity contribution in [1.82, 2.24) is 4.90 Å². The molecule has 1 heterocycles. The van der Waals surface area contributed by atoms with Gasteiger partial charge in [-0.05, 0) is 12.8 Å². The van der Waals surface area contributed by atoms with Crippen LogP contribution in [0.15, 0.2) is 0 Å². The van der Waals surface area contributed by atoms with Gasteiger partial charge >= 0.3 is 0 Å². The van der Waals surface area contributed by atoms with Gasteiger partial charge in [-0.1, -0.05) is 20.3 Å². The molecule has 8 heteroatoms. The minimum absolute atomic E-state index is 0.126. The highest BCUT2D eigenvalue weighted by Gasteiger charge is 2.50. The van der Waals surface area contributed by atoms with Gasteiger partial charge < -0.3 is 5.73 Å². The first-order chi connectivity index (χ1) is 10.2. The first-order valence-electron chi connectivity index (χ1n) is 6.74. The molecule has 2 amide bonds. The molecule has 1 aliphatic rings. The van der Waals surface area contributed by atoms with Crippen LogP contribution in [-0.2, 0) is 0 Å². The SMILES string of the molecule is CCCC(N)(CC)N1C(=O)c2c(F)c(F)c(F)c(F)c2C1=O. The lowest BCUT2D eigenvalue weighted by molar-refractivity contribution is 0.0396. The largest absolute Gasteiger partial charge is 0.308 e. The lowest BCUT2D eigenvalue weighted by atomic mass is 10.00. The van der Waals surface area contributed by atoms with Crippen molar-refractivity contribution in [3.63, 3.8) is 0 Å². The number of nitrogens with two attached hydrogens (primary N) is 1. The van der Waals surface area contributed by atoms with Crippen molar-refractivity contribution < 1.29 is 27.2 Å². The number of rotatable bonds is 4. The van der Waals surface area contributed by atoms with Crippen LogP contribution in [0.3, 0.4) is 0 Å². The molecule has 2 rings (SSSR count). The van der Waals surface area contributed by atoms with Gasteiger partial charge in [-0.3, -0.25) is 14.5 Å². The van der Waals surface area contributed by atoms with Gasteiger partial charge in [0, 0.05) is 0 Å². The monoisotopic (exact) mass is 318 g/mol. The Morgan fingerprint density at radius 1 is 0.909 bits per heavy atom. The Hall–Kier alpha value is -1.96. The van der Waals surface area contributed by atoms with Crippen LogP contribution in [0.5, 0.6) is 0 Å². The Morgan fingerprint density at radius 2 is 1.32 bits per heavy atom. The average molecular weight is 318 g/mol. The predicted molar refractivity (Wildman–Crippen MR) is 68.9 cm³/mol. The number of carbonyl (C=O) groups excluding carboxylic acids is 2. The lowest BCUT2D eigenvalue weighted by Crippen LogP contribution is -2.58. The highest BCUT2D eigenvalue weighted by molar-refractivity contribution is 6.22. The molecular weight excluding hydrogens is 304 g/mol. The quantitative estimate of drug-likeness (QED) is 0.402. The first-order valence-corrected chi connectivity index (χ1v) is 6.74. The van der Waals surface area contributed by atoms with Gasteiger partial charge in [0.15, 0.2) is 23.3 Å². The molecule has 0 saturated carbocycles. The van der Waals surface area contributed by atoms with Gasteiger partial charge in [-0.15, -0.1) is 0 Å². The molecule has 0 aromatic heterocycles. The molecule has 0 aliphatic carbocycles. The van der Waals surface area contributed by atoms with Crippen molar-refractivity contribution >= 4 is 11.8 Å². The predicted octanol–water partition coefficient (Wildman–Crippen LogP) is 2.70. The minimum atomic E-state index is -2.13. The van der Waals surface area contributed by atoms with E-state index in [0.29, 0.717) is 11.3 Å². The summed E-state index contributed by atoms with van der Waals surface area (Å²) in [7, 11) is 0. The average Bonchev–Trinajstić information content (AvgIpc) is 2.74. The van der Waals surface area contributed by atoms with E-state index in [1.807, 2.05) is 0 Å². The van der Waals surface area contributed by atoms with Crippen molar-refractivity contribution in [3.8, 4) is 0 Å². The normalized spacial score (nSPS) is 17.0. The summed E-state index contributed by atoms with van der Waals surface area (Å²) in [4.78, 5) is 25.0. The smallest absolute Gasteiger partial charge is 0.266 e. The van der Waals surface area contributed by atoms with Crippen LogP contribution in [0.1, 0.15) is 53.8 Å². The zero-order valence-corrected chi connectivity index (χ0v) is 12.0. The molecule has 1 aliphatic heterocycles. The van der Waals surface area contributed by atoms with Crippen LogP contribution < -0.4 is 5.73 Å². The fourth-order valence-corrected chi connectivity index (χ4v) is 2.63. The molecule has 0 spiro atoms. The number of amides is 2. The number of hydrogen-bond acceptors (Lipinski definition) is 3. The summed E-state index contributed by atoms with van der Waals surface area (Å²) in [5.41, 5.74) is 2.30. The van der Waals surface area contributed by atoms with E-state index in [2.05, 4.69) is 0 Å². The summed E-state index contributed by atoms with van der Waals surface area (Å²) >= 11 is 0. The third kappa shape index (κ3) is 2.01. The van der Waals surface area contributed by atoms with Crippen LogP contribution in [-0.4, -0.2) is 22.4 Å². The van der Waals surface area contributed by atoms with E-state index < -0.39 is 51.9 Å². The Morgan fingerprint density at radius 3 is 1.64 bits per heavy atom. The zero-order chi connectivity index (χ0) is 16.8. The number of fused-ring (bicyclic) bond motifs is 1. The Kier molecular flexibility index (Phi) is 3.99. The van der Waals surface area contributed by atoms with Crippen LogP contribution in [0.25, 0.3) is 0 Å². The highest BCUT2D eigenvalue weighted by atomic mass is 19.2. The molecule has 1 unspecified atom stereocenters. The maximum absolute atomic E-state index is 13.8. The molecule has 22 heavy (non-hydrogen) atoms. The van der Waals surface area contributed by atoms with E-state index in [1.54, 1.807) is 13.8 Å². The highest BCUT2D eigenvalue weighted by Crippen LogP contribution is 2.36. The molecule has 1 aromatic carbocycles. The summed E-state index contributed by atoms with van der Waals surface area (Å²) in [5, 5.41) is 0. The first kappa shape index (κ1) is 16.4. The summed E-state index contributed by atoms with van der Waals surface area (Å²) in [6, 6.07) is 0. The van der Waals surface area contributed by atoms with Crippen molar-refractivity contribution in [2.24, 2.45) is 5.73 Å². The number of carbonyl (C=O) groups is 2. The maximum atomic E-state index is 13.8. The second-order valence-electron chi connectivity index (χ2n) is 5.16. The maximum Gasteiger partial charge on any atom is 0.266 e. The Labute approximate surface area is 123 Å². The van der Waals surface area contributed by atoms with Crippen molar-refractivity contribution in [1.29, 1.82) is 0 Å². The summed E-state index contributed by atoms with van der Waals surface area (Å²) in [6.07, 6.45) is 0.801. The number of imide groups is 1. The van der Waals surface area contributed by atoms with E-state index in [0.717, 1.165) is 0 Å². The number of hydrogen-bond donors (Lipinski definition) is 1. The summed E-state index contributed by atoms with van der Waals surface area (Å²) in [5.74, 6) is -10.5. The van der Waals surface area contributed by atoms with E-state index in [4.69, 9.17) is 5.73 Å². The second-order valence-corrected chi connectivity index (χ2v) is 5.16. The third-order valence-corrected chi connectivity index (χ3v) is 3.84. The van der Waals surface area contributed by atoms with Gasteiger partial charge in [0.2, 0.25) is 0 Å². The van der Waals surface area contributed by atoms with Gasteiger partial charge in [0.25, 0.3) is 11.8 Å². The Balaban J connectivity index is 2.69. The topological polar surface area (TPSA) is 63.4 Å².